The highest BCUT2D eigenvalue weighted by Crippen LogP contribution is 2.19. The first-order valence-electron chi connectivity index (χ1n) is 6.10. The minimum atomic E-state index is -3.83. The van der Waals surface area contributed by atoms with Crippen molar-refractivity contribution < 1.29 is 17.9 Å². The lowest BCUT2D eigenvalue weighted by Crippen LogP contribution is -2.24. The monoisotopic (exact) mass is 311 g/mol. The second-order valence-corrected chi connectivity index (χ2v) is 6.18. The van der Waals surface area contributed by atoms with Gasteiger partial charge in [-0.25, -0.2) is 17.5 Å². The van der Waals surface area contributed by atoms with Crippen molar-refractivity contribution in [3.63, 3.8) is 0 Å². The molecule has 1 aromatic heterocycles. The molecule has 0 saturated carbocycles. The van der Waals surface area contributed by atoms with Crippen molar-refractivity contribution in [3.8, 4) is 0 Å². The van der Waals surface area contributed by atoms with Crippen LogP contribution in [0.15, 0.2) is 35.4 Å². The average Bonchev–Trinajstić information content (AvgIpc) is 2.49. The Morgan fingerprint density at radius 2 is 2.14 bits per heavy atom. The van der Waals surface area contributed by atoms with Crippen molar-refractivity contribution in [3.05, 3.63) is 53.1 Å². The number of halogens is 1. The van der Waals surface area contributed by atoms with Gasteiger partial charge < -0.3 is 5.11 Å². The summed E-state index contributed by atoms with van der Waals surface area (Å²) in [6.45, 7) is 0.845. The molecule has 0 unspecified atom stereocenters. The molecule has 0 spiro atoms. The Kier molecular flexibility index (Phi) is 4.61. The van der Waals surface area contributed by atoms with Crippen molar-refractivity contribution in [2.24, 2.45) is 0 Å². The first-order chi connectivity index (χ1) is 9.94. The van der Waals surface area contributed by atoms with E-state index in [2.05, 4.69) is 14.9 Å². The van der Waals surface area contributed by atoms with E-state index in [9.17, 15) is 12.8 Å². The Morgan fingerprint density at radius 1 is 1.38 bits per heavy atom. The maximum Gasteiger partial charge on any atom is 0.240 e. The number of hydrogen-bond donors (Lipinski definition) is 2. The smallest absolute Gasteiger partial charge is 0.240 e. The number of aromatic nitrogens is 2. The van der Waals surface area contributed by atoms with Gasteiger partial charge in [-0.3, -0.25) is 0 Å². The van der Waals surface area contributed by atoms with Gasteiger partial charge in [-0.05, 0) is 36.8 Å². The van der Waals surface area contributed by atoms with E-state index in [4.69, 9.17) is 5.11 Å². The zero-order valence-electron chi connectivity index (χ0n) is 11.2. The number of benzene rings is 1. The Labute approximate surface area is 121 Å². The molecule has 2 aromatic rings. The average molecular weight is 311 g/mol. The van der Waals surface area contributed by atoms with Gasteiger partial charge in [0.2, 0.25) is 10.0 Å². The summed E-state index contributed by atoms with van der Waals surface area (Å²) in [5, 5.41) is 16.5. The summed E-state index contributed by atoms with van der Waals surface area (Å²) in [5.74, 6) is -0.606. The molecule has 0 aliphatic carbocycles. The lowest BCUT2D eigenvalue weighted by molar-refractivity contribution is 0.275. The van der Waals surface area contributed by atoms with Gasteiger partial charge in [0.25, 0.3) is 0 Å². The fourth-order valence-corrected chi connectivity index (χ4v) is 2.89. The lowest BCUT2D eigenvalue weighted by atomic mass is 10.1. The first-order valence-corrected chi connectivity index (χ1v) is 7.58. The van der Waals surface area contributed by atoms with Crippen LogP contribution in [-0.4, -0.2) is 23.7 Å². The van der Waals surface area contributed by atoms with Gasteiger partial charge >= 0.3 is 0 Å². The molecule has 0 aliphatic heterocycles. The zero-order valence-corrected chi connectivity index (χ0v) is 12.1. The molecule has 1 heterocycles. The molecule has 0 atom stereocenters. The molecule has 2 N–H and O–H groups in total. The van der Waals surface area contributed by atoms with E-state index in [-0.39, 0.29) is 22.6 Å². The molecular weight excluding hydrogens is 297 g/mol. The van der Waals surface area contributed by atoms with E-state index < -0.39 is 22.4 Å². The highest BCUT2D eigenvalue weighted by molar-refractivity contribution is 7.89. The quantitative estimate of drug-likeness (QED) is 0.856. The second-order valence-electron chi connectivity index (χ2n) is 4.41. The molecule has 0 saturated heterocycles. The molecular formula is C13H14FN3O3S. The zero-order chi connectivity index (χ0) is 15.5. The predicted molar refractivity (Wildman–Crippen MR) is 73.1 cm³/mol. The largest absolute Gasteiger partial charge is 0.392 e. The number of nitrogens with zero attached hydrogens (tertiary/aromatic N) is 2. The number of rotatable bonds is 5. The first kappa shape index (κ1) is 15.5. The summed E-state index contributed by atoms with van der Waals surface area (Å²) in [4.78, 5) is -0.102. The van der Waals surface area contributed by atoms with Crippen LogP contribution in [0, 0.1) is 12.7 Å². The van der Waals surface area contributed by atoms with Crippen molar-refractivity contribution in [2.75, 3.05) is 0 Å². The second kappa shape index (κ2) is 6.25. The molecule has 0 bridgehead atoms. The summed E-state index contributed by atoms with van der Waals surface area (Å²) in [5.41, 5.74) is 0.554. The molecule has 8 heteroatoms. The third kappa shape index (κ3) is 3.60. The minimum Gasteiger partial charge on any atom is -0.392 e. The van der Waals surface area contributed by atoms with Crippen LogP contribution in [0.4, 0.5) is 4.39 Å². The highest BCUT2D eigenvalue weighted by Gasteiger charge is 2.18. The van der Waals surface area contributed by atoms with Gasteiger partial charge in [-0.2, -0.15) is 10.2 Å². The molecule has 0 radical (unpaired) electrons. The molecule has 6 nitrogen and oxygen atoms in total. The number of sulfonamides is 1. The third-order valence-corrected chi connectivity index (χ3v) is 4.24. The van der Waals surface area contributed by atoms with Crippen LogP contribution < -0.4 is 4.72 Å². The highest BCUT2D eigenvalue weighted by atomic mass is 32.2. The molecule has 0 fully saturated rings. The van der Waals surface area contributed by atoms with Crippen molar-refractivity contribution in [1.82, 2.24) is 14.9 Å². The van der Waals surface area contributed by atoms with Gasteiger partial charge in [-0.1, -0.05) is 0 Å². The van der Waals surface area contributed by atoms with Crippen LogP contribution in [-0.2, 0) is 23.2 Å². The summed E-state index contributed by atoms with van der Waals surface area (Å²) in [7, 11) is -3.83. The van der Waals surface area contributed by atoms with Crippen LogP contribution in [0.5, 0.6) is 0 Å². The minimum absolute atomic E-state index is 0.0267. The molecule has 1 aromatic carbocycles. The SMILES string of the molecule is Cc1cc(S(=O)(=O)NCc2cccnn2)cc(CO)c1F. The summed E-state index contributed by atoms with van der Waals surface area (Å²) < 4.78 is 40.3. The molecule has 21 heavy (non-hydrogen) atoms. The van der Waals surface area contributed by atoms with Crippen LogP contribution in [0.25, 0.3) is 0 Å². The fraction of sp³-hybridized carbons (Fsp3) is 0.231. The predicted octanol–water partition coefficient (Wildman–Crippen LogP) is 0.895. The Morgan fingerprint density at radius 3 is 2.76 bits per heavy atom. The third-order valence-electron chi connectivity index (χ3n) is 2.85. The number of aliphatic hydroxyl groups is 1. The maximum atomic E-state index is 13.6. The topological polar surface area (TPSA) is 92.2 Å². The van der Waals surface area contributed by atoms with Crippen molar-refractivity contribution in [1.29, 1.82) is 0 Å². The van der Waals surface area contributed by atoms with E-state index in [0.29, 0.717) is 5.69 Å². The van der Waals surface area contributed by atoms with Gasteiger partial charge in [-0.15, -0.1) is 0 Å². The number of aliphatic hydroxyl groups excluding tert-OH is 1. The van der Waals surface area contributed by atoms with Crippen molar-refractivity contribution in [2.45, 2.75) is 25.0 Å². The Bertz CT molecular complexity index is 736. The Hall–Kier alpha value is -1.90. The van der Waals surface area contributed by atoms with Gasteiger partial charge in [0, 0.05) is 11.8 Å². The van der Waals surface area contributed by atoms with E-state index in [1.807, 2.05) is 0 Å². The van der Waals surface area contributed by atoms with E-state index >= 15 is 0 Å². The molecule has 0 aliphatic rings. The summed E-state index contributed by atoms with van der Waals surface area (Å²) in [6.07, 6.45) is 1.48. The molecule has 2 rings (SSSR count). The van der Waals surface area contributed by atoms with Crippen LogP contribution in [0.1, 0.15) is 16.8 Å². The van der Waals surface area contributed by atoms with Crippen LogP contribution in [0.3, 0.4) is 0 Å². The van der Waals surface area contributed by atoms with E-state index in [0.717, 1.165) is 6.07 Å². The van der Waals surface area contributed by atoms with E-state index in [1.165, 1.54) is 19.2 Å². The Balaban J connectivity index is 2.25. The summed E-state index contributed by atoms with van der Waals surface area (Å²) >= 11 is 0. The van der Waals surface area contributed by atoms with Crippen LogP contribution >= 0.6 is 0 Å². The fourth-order valence-electron chi connectivity index (χ4n) is 1.76. The number of aryl methyl sites for hydroxylation is 1. The van der Waals surface area contributed by atoms with Gasteiger partial charge in [0.15, 0.2) is 0 Å². The standard InChI is InChI=1S/C13H14FN3O3S/c1-9-5-12(6-10(8-18)13(9)14)21(19,20)16-7-11-3-2-4-15-17-11/h2-6,16,18H,7-8H2,1H3. The molecule has 112 valence electrons. The maximum absolute atomic E-state index is 13.6. The van der Waals surface area contributed by atoms with Crippen molar-refractivity contribution >= 4 is 10.0 Å². The molecule has 0 amide bonds. The number of hydrogen-bond acceptors (Lipinski definition) is 5. The van der Waals surface area contributed by atoms with E-state index in [1.54, 1.807) is 12.1 Å². The van der Waals surface area contributed by atoms with Gasteiger partial charge in [0.05, 0.1) is 23.7 Å². The summed E-state index contributed by atoms with van der Waals surface area (Å²) in [6, 6.07) is 5.60. The van der Waals surface area contributed by atoms with Gasteiger partial charge in [0.1, 0.15) is 5.82 Å². The normalized spacial score (nSPS) is 11.6. The lowest BCUT2D eigenvalue weighted by Gasteiger charge is -2.10. The number of nitrogens with one attached hydrogen (secondary N) is 1. The van der Waals surface area contributed by atoms with Crippen LogP contribution in [0.2, 0.25) is 0 Å².